The number of carbonyl (C=O) groups is 3. The van der Waals surface area contributed by atoms with Crippen molar-refractivity contribution in [3.05, 3.63) is 53.0 Å². The highest BCUT2D eigenvalue weighted by Crippen LogP contribution is 2.34. The topological polar surface area (TPSA) is 141 Å². The summed E-state index contributed by atoms with van der Waals surface area (Å²) in [6, 6.07) is 12.5. The normalized spacial score (nSPS) is 14.5. The number of carbonyl (C=O) groups excluding carboxylic acids is 3. The highest BCUT2D eigenvalue weighted by molar-refractivity contribution is 7.92. The monoisotopic (exact) mass is 587 g/mol. The van der Waals surface area contributed by atoms with E-state index < -0.39 is 32.6 Å². The Bertz CT molecular complexity index is 1520. The minimum absolute atomic E-state index is 0.0860. The maximum atomic E-state index is 13.2. The quantitative estimate of drug-likeness (QED) is 0.325. The van der Waals surface area contributed by atoms with E-state index in [1.54, 1.807) is 51.1 Å². The molecule has 40 heavy (non-hydrogen) atoms. The van der Waals surface area contributed by atoms with Crippen LogP contribution in [0.25, 0.3) is 21.3 Å². The lowest BCUT2D eigenvalue weighted by Gasteiger charge is -2.19. The number of esters is 1. The smallest absolute Gasteiger partial charge is 0.338 e. The largest absolute Gasteiger partial charge is 0.456 e. The average molecular weight is 588 g/mol. The second-order valence-corrected chi connectivity index (χ2v) is 13.9. The number of aromatic nitrogens is 1. The molecule has 1 heterocycles. The van der Waals surface area contributed by atoms with Crippen LogP contribution in [0.5, 0.6) is 0 Å². The lowest BCUT2D eigenvalue weighted by atomic mass is 10.0. The number of amides is 2. The second kappa shape index (κ2) is 12.0. The van der Waals surface area contributed by atoms with Crippen LogP contribution in [-0.4, -0.2) is 68.8 Å². The van der Waals surface area contributed by atoms with Crippen molar-refractivity contribution in [2.75, 3.05) is 26.0 Å². The van der Waals surface area contributed by atoms with Crippen molar-refractivity contribution in [3.8, 4) is 11.1 Å². The SMILES string of the molecule is COCCS(=O)(=O)C(C(=O)NCC(=O)NC1CC1)c1nc2cc(-c3cccc(C(=O)OC(C)(C)C)c3)ccc2s1. The van der Waals surface area contributed by atoms with Gasteiger partial charge in [-0.2, -0.15) is 0 Å². The van der Waals surface area contributed by atoms with Crippen LogP contribution < -0.4 is 10.6 Å². The number of thiazole rings is 1. The van der Waals surface area contributed by atoms with Gasteiger partial charge < -0.3 is 20.1 Å². The number of nitrogens with one attached hydrogen (secondary N) is 2. The van der Waals surface area contributed by atoms with Crippen molar-refractivity contribution in [1.29, 1.82) is 0 Å². The van der Waals surface area contributed by atoms with Crippen LogP contribution in [0, 0.1) is 0 Å². The first-order valence-electron chi connectivity index (χ1n) is 12.9. The number of hydrogen-bond acceptors (Lipinski definition) is 9. The summed E-state index contributed by atoms with van der Waals surface area (Å²) in [5.41, 5.74) is 1.79. The predicted octanol–water partition coefficient (Wildman–Crippen LogP) is 3.42. The number of methoxy groups -OCH3 is 1. The van der Waals surface area contributed by atoms with Crippen LogP contribution in [-0.2, 0) is 28.9 Å². The van der Waals surface area contributed by atoms with Crippen molar-refractivity contribution in [2.45, 2.75) is 50.5 Å². The lowest BCUT2D eigenvalue weighted by Crippen LogP contribution is -2.41. The van der Waals surface area contributed by atoms with Gasteiger partial charge in [-0.1, -0.05) is 18.2 Å². The van der Waals surface area contributed by atoms with Gasteiger partial charge in [-0.15, -0.1) is 11.3 Å². The van der Waals surface area contributed by atoms with Gasteiger partial charge in [-0.25, -0.2) is 18.2 Å². The molecule has 0 spiro atoms. The Morgan fingerprint density at radius 2 is 1.82 bits per heavy atom. The number of nitrogens with zero attached hydrogens (tertiary/aromatic N) is 1. The molecule has 1 unspecified atom stereocenters. The van der Waals surface area contributed by atoms with Gasteiger partial charge in [0.25, 0.3) is 0 Å². The van der Waals surface area contributed by atoms with Crippen LogP contribution >= 0.6 is 11.3 Å². The van der Waals surface area contributed by atoms with Gasteiger partial charge in [0, 0.05) is 13.2 Å². The number of ether oxygens (including phenoxy) is 2. The van der Waals surface area contributed by atoms with Crippen LogP contribution in [0.4, 0.5) is 0 Å². The third-order valence-corrected chi connectivity index (χ3v) is 9.14. The Morgan fingerprint density at radius 1 is 1.10 bits per heavy atom. The van der Waals surface area contributed by atoms with E-state index in [4.69, 9.17) is 9.47 Å². The molecule has 0 bridgehead atoms. The molecule has 2 amide bonds. The maximum Gasteiger partial charge on any atom is 0.338 e. The summed E-state index contributed by atoms with van der Waals surface area (Å²) >= 11 is 1.10. The van der Waals surface area contributed by atoms with E-state index in [0.29, 0.717) is 15.8 Å². The number of rotatable bonds is 11. The Morgan fingerprint density at radius 3 is 2.50 bits per heavy atom. The Hall–Kier alpha value is -3.35. The van der Waals surface area contributed by atoms with Crippen molar-refractivity contribution in [2.24, 2.45) is 0 Å². The lowest BCUT2D eigenvalue weighted by molar-refractivity contribution is -0.126. The third kappa shape index (κ3) is 7.64. The van der Waals surface area contributed by atoms with Crippen LogP contribution in [0.2, 0.25) is 0 Å². The van der Waals surface area contributed by atoms with Gasteiger partial charge >= 0.3 is 5.97 Å². The van der Waals surface area contributed by atoms with Crippen molar-refractivity contribution >= 4 is 49.2 Å². The van der Waals surface area contributed by atoms with E-state index in [0.717, 1.165) is 35.3 Å². The number of benzene rings is 2. The van der Waals surface area contributed by atoms with E-state index in [2.05, 4.69) is 15.6 Å². The van der Waals surface area contributed by atoms with Crippen LogP contribution in [0.15, 0.2) is 42.5 Å². The van der Waals surface area contributed by atoms with Crippen molar-refractivity contribution < 1.29 is 32.3 Å². The summed E-state index contributed by atoms with van der Waals surface area (Å²) in [6.45, 7) is 4.99. The molecule has 1 atom stereocenters. The summed E-state index contributed by atoms with van der Waals surface area (Å²) in [6.07, 6.45) is 1.79. The molecule has 4 rings (SSSR count). The zero-order chi connectivity index (χ0) is 29.1. The molecule has 1 aliphatic rings. The fourth-order valence-electron chi connectivity index (χ4n) is 3.91. The number of sulfone groups is 1. The summed E-state index contributed by atoms with van der Waals surface area (Å²) in [7, 11) is -2.63. The van der Waals surface area contributed by atoms with E-state index in [1.807, 2.05) is 12.1 Å². The minimum atomic E-state index is -4.01. The fourth-order valence-corrected chi connectivity index (χ4v) is 6.83. The Labute approximate surface area is 237 Å². The summed E-state index contributed by atoms with van der Waals surface area (Å²) in [5.74, 6) is -2.00. The third-order valence-electron chi connectivity index (χ3n) is 5.99. The van der Waals surface area contributed by atoms with E-state index in [-0.39, 0.29) is 35.9 Å². The van der Waals surface area contributed by atoms with Crippen LogP contribution in [0.3, 0.4) is 0 Å². The van der Waals surface area contributed by atoms with Gasteiger partial charge in [-0.3, -0.25) is 9.59 Å². The fraction of sp³-hybridized carbons (Fsp3) is 0.429. The molecule has 2 N–H and O–H groups in total. The van der Waals surface area contributed by atoms with E-state index in [1.165, 1.54) is 7.11 Å². The molecular formula is C28H33N3O7S2. The average Bonchev–Trinajstić information content (AvgIpc) is 3.60. The molecule has 0 aliphatic heterocycles. The predicted molar refractivity (Wildman–Crippen MR) is 153 cm³/mol. The second-order valence-electron chi connectivity index (χ2n) is 10.6. The molecule has 2 aromatic carbocycles. The first kappa shape index (κ1) is 29.6. The Kier molecular flexibility index (Phi) is 8.91. The molecular weight excluding hydrogens is 554 g/mol. The van der Waals surface area contributed by atoms with Crippen LogP contribution in [0.1, 0.15) is 54.2 Å². The van der Waals surface area contributed by atoms with Gasteiger partial charge in [0.2, 0.25) is 11.8 Å². The molecule has 1 aliphatic carbocycles. The van der Waals surface area contributed by atoms with Crippen molar-refractivity contribution in [1.82, 2.24) is 15.6 Å². The van der Waals surface area contributed by atoms with Gasteiger partial charge in [-0.05, 0) is 69.0 Å². The highest BCUT2D eigenvalue weighted by atomic mass is 32.2. The molecule has 1 saturated carbocycles. The summed E-state index contributed by atoms with van der Waals surface area (Å²) < 4.78 is 37.5. The molecule has 0 saturated heterocycles. The minimum Gasteiger partial charge on any atom is -0.456 e. The number of hydrogen-bond donors (Lipinski definition) is 2. The van der Waals surface area contributed by atoms with Gasteiger partial charge in [0.15, 0.2) is 15.1 Å². The number of fused-ring (bicyclic) bond motifs is 1. The molecule has 1 fully saturated rings. The zero-order valence-electron chi connectivity index (χ0n) is 22.9. The maximum absolute atomic E-state index is 13.2. The molecule has 10 nitrogen and oxygen atoms in total. The standard InChI is InChI=1S/C28H33N3O7S2/c1-28(2,3)38-27(34)19-7-5-6-17(14-19)18-8-11-22-21(15-18)31-26(39-22)24(40(35,36)13-12-37-4)25(33)29-16-23(32)30-20-9-10-20/h5-8,11,14-15,20,24H,9-10,12-13,16H2,1-4H3,(H,29,33)(H,30,32). The van der Waals surface area contributed by atoms with Gasteiger partial charge in [0.05, 0.1) is 34.7 Å². The van der Waals surface area contributed by atoms with E-state index in [9.17, 15) is 22.8 Å². The molecule has 214 valence electrons. The van der Waals surface area contributed by atoms with E-state index >= 15 is 0 Å². The molecule has 3 aromatic rings. The molecule has 0 radical (unpaired) electrons. The van der Waals surface area contributed by atoms with Crippen molar-refractivity contribution in [3.63, 3.8) is 0 Å². The first-order chi connectivity index (χ1) is 18.9. The summed E-state index contributed by atoms with van der Waals surface area (Å²) in [4.78, 5) is 42.3. The van der Waals surface area contributed by atoms with Gasteiger partial charge in [0.1, 0.15) is 10.6 Å². The highest BCUT2D eigenvalue weighted by Gasteiger charge is 2.37. The zero-order valence-corrected chi connectivity index (χ0v) is 24.5. The summed E-state index contributed by atoms with van der Waals surface area (Å²) in [5, 5.41) is 3.74. The molecule has 12 heteroatoms. The Balaban J connectivity index is 1.62. The molecule has 1 aromatic heterocycles. The first-order valence-corrected chi connectivity index (χ1v) is 15.4.